The van der Waals surface area contributed by atoms with E-state index >= 15 is 0 Å². The van der Waals surface area contributed by atoms with Crippen LogP contribution in [0, 0.1) is 0 Å². The molecule has 92 heavy (non-hydrogen) atoms. The van der Waals surface area contributed by atoms with Crippen LogP contribution < -0.4 is 0 Å². The van der Waals surface area contributed by atoms with Crippen LogP contribution in [0.25, 0.3) is 169 Å². The van der Waals surface area contributed by atoms with Crippen LogP contribution in [0.15, 0.2) is 309 Å². The first kappa shape index (κ1) is 53.5. The zero-order chi connectivity index (χ0) is 60.9. The van der Waals surface area contributed by atoms with Gasteiger partial charge in [0, 0.05) is 77.2 Å². The predicted molar refractivity (Wildman–Crippen MR) is 370 cm³/mol. The maximum atomic E-state index is 5.44. The third-order valence-corrected chi connectivity index (χ3v) is 16.9. The fourth-order valence-electron chi connectivity index (χ4n) is 12.5. The van der Waals surface area contributed by atoms with E-state index in [0.29, 0.717) is 52.4 Å². The minimum absolute atomic E-state index is 0.523. The van der Waals surface area contributed by atoms with Gasteiger partial charge in [-0.3, -0.25) is 0 Å². The molecule has 12 aromatic carbocycles. The Morgan fingerprint density at radius 2 is 0.435 bits per heavy atom. The van der Waals surface area contributed by atoms with Gasteiger partial charge in [-0.25, -0.2) is 44.9 Å². The molecule has 17 aromatic rings. The van der Waals surface area contributed by atoms with Crippen molar-refractivity contribution in [1.29, 1.82) is 0 Å². The number of rotatable bonds is 12. The van der Waals surface area contributed by atoms with Crippen molar-refractivity contribution in [2.45, 2.75) is 0 Å². The minimum atomic E-state index is 0.523. The maximum Gasteiger partial charge on any atom is 0.166 e. The first-order valence-corrected chi connectivity index (χ1v) is 30.5. The quantitative estimate of drug-likeness (QED) is 0.118. The van der Waals surface area contributed by atoms with Gasteiger partial charge in [0.1, 0.15) is 0 Å². The van der Waals surface area contributed by atoms with Gasteiger partial charge in [0.25, 0.3) is 0 Å². The molecule has 0 aliphatic rings. The van der Waals surface area contributed by atoms with E-state index in [1.165, 1.54) is 0 Å². The van der Waals surface area contributed by atoms with E-state index in [2.05, 4.69) is 137 Å². The fraction of sp³-hybridized carbons (Fsp3) is 0. The van der Waals surface area contributed by atoms with Crippen molar-refractivity contribution in [3.05, 3.63) is 309 Å². The number of nitrogens with zero attached hydrogens (tertiary/aromatic N) is 11. The number of fused-ring (bicyclic) bond motifs is 6. The molecule has 11 heteroatoms. The Morgan fingerprint density at radius 1 is 0.163 bits per heavy atom. The molecule has 0 N–H and O–H groups in total. The summed E-state index contributed by atoms with van der Waals surface area (Å²) in [5.41, 5.74) is 15.9. The molecule has 0 bridgehead atoms. The van der Waals surface area contributed by atoms with Crippen molar-refractivity contribution >= 4 is 43.6 Å². The fourth-order valence-corrected chi connectivity index (χ4v) is 12.5. The highest BCUT2D eigenvalue weighted by atomic mass is 15.1. The molecule has 17 rings (SSSR count). The predicted octanol–water partition coefficient (Wildman–Crippen LogP) is 19.1. The first-order chi connectivity index (χ1) is 45.6. The molecule has 430 valence electrons. The molecular formula is C81H51N11. The Hall–Kier alpha value is -12.7. The van der Waals surface area contributed by atoms with Gasteiger partial charge < -0.3 is 9.13 Å². The van der Waals surface area contributed by atoms with Crippen LogP contribution >= 0.6 is 0 Å². The third kappa shape index (κ3) is 9.70. The van der Waals surface area contributed by atoms with Gasteiger partial charge in [0.05, 0.1) is 33.4 Å². The van der Waals surface area contributed by atoms with Gasteiger partial charge in [0.2, 0.25) is 0 Å². The molecule has 0 saturated heterocycles. The number of hydrogen-bond acceptors (Lipinski definition) is 9. The summed E-state index contributed by atoms with van der Waals surface area (Å²) in [5, 5.41) is 4.26. The summed E-state index contributed by atoms with van der Waals surface area (Å²) in [6.07, 6.45) is 0. The Kier molecular flexibility index (Phi) is 13.2. The van der Waals surface area contributed by atoms with Crippen LogP contribution in [0.2, 0.25) is 0 Å². The molecule has 0 aliphatic heterocycles. The summed E-state index contributed by atoms with van der Waals surface area (Å²) in [5.74, 6) is 5.25. The molecular weight excluding hydrogens is 1130 g/mol. The number of benzene rings is 12. The van der Waals surface area contributed by atoms with Crippen molar-refractivity contribution in [1.82, 2.24) is 54.0 Å². The van der Waals surface area contributed by atoms with Crippen molar-refractivity contribution in [3.8, 4) is 125 Å². The van der Waals surface area contributed by atoms with Crippen molar-refractivity contribution < 1.29 is 0 Å². The van der Waals surface area contributed by atoms with Crippen LogP contribution in [0.1, 0.15) is 0 Å². The maximum absolute atomic E-state index is 5.44. The van der Waals surface area contributed by atoms with Crippen LogP contribution in [0.4, 0.5) is 0 Å². The molecule has 0 radical (unpaired) electrons. The highest BCUT2D eigenvalue weighted by Crippen LogP contribution is 2.43. The van der Waals surface area contributed by atoms with Gasteiger partial charge in [-0.2, -0.15) is 0 Å². The van der Waals surface area contributed by atoms with Crippen molar-refractivity contribution in [2.75, 3.05) is 0 Å². The lowest BCUT2D eigenvalue weighted by Crippen LogP contribution is -2.04. The molecule has 0 saturated carbocycles. The molecule has 0 spiro atoms. The molecule has 11 nitrogen and oxygen atoms in total. The Labute approximate surface area is 529 Å². The van der Waals surface area contributed by atoms with Crippen LogP contribution in [-0.2, 0) is 0 Å². The average Bonchev–Trinajstić information content (AvgIpc) is 1.56. The monoisotopic (exact) mass is 1180 g/mol. The minimum Gasteiger partial charge on any atom is -0.309 e. The summed E-state index contributed by atoms with van der Waals surface area (Å²) >= 11 is 0. The van der Waals surface area contributed by atoms with Gasteiger partial charge in [0.15, 0.2) is 52.4 Å². The lowest BCUT2D eigenvalue weighted by molar-refractivity contribution is 1.06. The van der Waals surface area contributed by atoms with E-state index in [4.69, 9.17) is 44.9 Å². The van der Waals surface area contributed by atoms with E-state index in [0.717, 1.165) is 116 Å². The molecule has 0 fully saturated rings. The molecule has 5 aromatic heterocycles. The second-order valence-corrected chi connectivity index (χ2v) is 22.5. The topological polar surface area (TPSA) is 126 Å². The first-order valence-electron chi connectivity index (χ1n) is 30.5. The third-order valence-electron chi connectivity index (χ3n) is 16.9. The number of aromatic nitrogens is 11. The highest BCUT2D eigenvalue weighted by molar-refractivity contribution is 6.12. The average molecular weight is 1180 g/mol. The second kappa shape index (κ2) is 22.8. The highest BCUT2D eigenvalue weighted by Gasteiger charge is 2.24. The molecule has 0 atom stereocenters. The summed E-state index contributed by atoms with van der Waals surface area (Å²) in [7, 11) is 0. The Balaban J connectivity index is 0.862. The smallest absolute Gasteiger partial charge is 0.166 e. The Bertz CT molecular complexity index is 5450. The number of hydrogen-bond donors (Lipinski definition) is 0. The van der Waals surface area contributed by atoms with E-state index < -0.39 is 0 Å². The largest absolute Gasteiger partial charge is 0.309 e. The molecule has 0 unspecified atom stereocenters. The summed E-state index contributed by atoms with van der Waals surface area (Å²) in [4.78, 5) is 46.6. The van der Waals surface area contributed by atoms with E-state index in [-0.39, 0.29) is 0 Å². The normalized spacial score (nSPS) is 11.5. The van der Waals surface area contributed by atoms with Crippen molar-refractivity contribution in [3.63, 3.8) is 0 Å². The van der Waals surface area contributed by atoms with Crippen LogP contribution in [0.3, 0.4) is 0 Å². The Morgan fingerprint density at radius 3 is 0.804 bits per heavy atom. The van der Waals surface area contributed by atoms with E-state index in [9.17, 15) is 0 Å². The van der Waals surface area contributed by atoms with Gasteiger partial charge in [-0.15, -0.1) is 0 Å². The standard InChI is InChI=1S/C81H51N11/c1-7-25-52(26-8-1)73-82-74(53-27-9-2-10-28-53)86-79(85-73)59-44-47-70-64(50-59)62-38-20-23-41-68(62)91(70)67-40-22-19-37-61(67)58-43-46-72(66(49-58)81-89-77(56-33-15-5-16-34-56)84-78(90-81)57-35-17-6-18-36-57)92-69-42-24-21-39-63(69)65-51-60(45-48-71(65)92)80-87-75(54-29-11-3-12-30-54)83-76(88-80)55-31-13-4-14-32-55/h1-51H. The molecule has 0 aliphatic carbocycles. The van der Waals surface area contributed by atoms with Crippen molar-refractivity contribution in [2.24, 2.45) is 0 Å². The zero-order valence-corrected chi connectivity index (χ0v) is 49.4. The lowest BCUT2D eigenvalue weighted by Gasteiger charge is -2.18. The summed E-state index contributed by atoms with van der Waals surface area (Å²) in [6, 6.07) is 106. The number of para-hydroxylation sites is 3. The van der Waals surface area contributed by atoms with Gasteiger partial charge in [-0.1, -0.05) is 243 Å². The SMILES string of the molecule is c1ccc(-c2nc(-c3ccccc3)nc(-c3ccc4c(c3)c3ccccc3n4-c3ccccc3-c3ccc(-n4c5ccccc5c5cc(-c6nc(-c7ccccc7)nc(-c7ccccc7)n6)ccc54)c(-c4nc(-c5ccccc5)nc(-c5ccccc5)n4)c3)n2)cc1. The van der Waals surface area contributed by atoms with Gasteiger partial charge >= 0.3 is 0 Å². The van der Waals surface area contributed by atoms with E-state index in [1.54, 1.807) is 0 Å². The lowest BCUT2D eigenvalue weighted by atomic mass is 9.99. The van der Waals surface area contributed by atoms with Crippen LogP contribution in [-0.4, -0.2) is 54.0 Å². The second-order valence-electron chi connectivity index (χ2n) is 22.5. The molecule has 0 amide bonds. The summed E-state index contributed by atoms with van der Waals surface area (Å²) in [6.45, 7) is 0. The zero-order valence-electron chi connectivity index (χ0n) is 49.4. The van der Waals surface area contributed by atoms with Crippen LogP contribution in [0.5, 0.6) is 0 Å². The molecule has 5 heterocycles. The van der Waals surface area contributed by atoms with Gasteiger partial charge in [-0.05, 0) is 72.3 Å². The summed E-state index contributed by atoms with van der Waals surface area (Å²) < 4.78 is 4.72. The van der Waals surface area contributed by atoms with E-state index in [1.807, 2.05) is 182 Å².